The van der Waals surface area contributed by atoms with Crippen molar-refractivity contribution in [1.82, 2.24) is 5.16 Å². The number of rotatable bonds is 8. The van der Waals surface area contributed by atoms with Gasteiger partial charge < -0.3 is 19.1 Å². The maximum Gasteiger partial charge on any atom is 0.294 e. The first kappa shape index (κ1) is 24.5. The molecule has 1 N–H and O–H groups in total. The van der Waals surface area contributed by atoms with Gasteiger partial charge in [-0.1, -0.05) is 47.6 Å². The molecule has 0 spiro atoms. The van der Waals surface area contributed by atoms with Crippen molar-refractivity contribution in [3.05, 3.63) is 108 Å². The number of hydrogen-bond acceptors (Lipinski definition) is 7. The van der Waals surface area contributed by atoms with Crippen LogP contribution >= 0.6 is 0 Å². The van der Waals surface area contributed by atoms with Gasteiger partial charge >= 0.3 is 0 Å². The molecule has 1 atom stereocenters. The molecular weight excluding hydrogens is 496 g/mol. The smallest absolute Gasteiger partial charge is 0.294 e. The van der Waals surface area contributed by atoms with Crippen molar-refractivity contribution in [3.63, 3.8) is 0 Å². The molecule has 2 aliphatic rings. The van der Waals surface area contributed by atoms with Gasteiger partial charge in [-0.05, 0) is 48.7 Å². The Kier molecular flexibility index (Phi) is 5.95. The van der Waals surface area contributed by atoms with Crippen LogP contribution in [0.2, 0.25) is 0 Å². The first-order valence-electron chi connectivity index (χ1n) is 12.6. The lowest BCUT2D eigenvalue weighted by Crippen LogP contribution is -2.33. The number of aliphatic hydroxyl groups is 1. The van der Waals surface area contributed by atoms with Gasteiger partial charge in [0.2, 0.25) is 0 Å². The van der Waals surface area contributed by atoms with E-state index in [9.17, 15) is 14.7 Å². The monoisotopic (exact) mass is 522 g/mol. The summed E-state index contributed by atoms with van der Waals surface area (Å²) in [5, 5.41) is 15.2. The van der Waals surface area contributed by atoms with E-state index in [4.69, 9.17) is 14.0 Å². The minimum absolute atomic E-state index is 0.0680. The molecule has 8 nitrogen and oxygen atoms in total. The van der Waals surface area contributed by atoms with Crippen LogP contribution in [0, 0.1) is 0 Å². The van der Waals surface area contributed by atoms with Crippen molar-refractivity contribution in [2.45, 2.75) is 24.3 Å². The summed E-state index contributed by atoms with van der Waals surface area (Å²) in [6, 6.07) is 22.6. The molecule has 1 unspecified atom stereocenters. The predicted octanol–water partition coefficient (Wildman–Crippen LogP) is 5.56. The van der Waals surface area contributed by atoms with Crippen LogP contribution in [0.1, 0.15) is 30.0 Å². The zero-order valence-corrected chi connectivity index (χ0v) is 21.5. The third-order valence-corrected chi connectivity index (χ3v) is 7.59. The van der Waals surface area contributed by atoms with Crippen molar-refractivity contribution in [1.29, 1.82) is 0 Å². The summed E-state index contributed by atoms with van der Waals surface area (Å²) in [6.07, 6.45) is 2.73. The third kappa shape index (κ3) is 3.96. The zero-order chi connectivity index (χ0) is 27.1. The molecule has 8 heteroatoms. The molecule has 6 rings (SSSR count). The van der Waals surface area contributed by atoms with Crippen LogP contribution < -0.4 is 14.4 Å². The average molecular weight is 523 g/mol. The minimum Gasteiger partial charge on any atom is -0.503 e. The maximum atomic E-state index is 14.3. The first-order chi connectivity index (χ1) is 19.0. The second-order valence-electron chi connectivity index (χ2n) is 9.65. The highest BCUT2D eigenvalue weighted by Crippen LogP contribution is 2.55. The highest BCUT2D eigenvalue weighted by atomic mass is 16.5. The molecule has 3 aromatic carbocycles. The van der Waals surface area contributed by atoms with E-state index in [0.717, 1.165) is 11.1 Å². The molecule has 0 radical (unpaired) electrons. The standard InChI is InChI=1S/C31H26N2O6/c1-37-22-13-9-20(10-14-22)31(16-17-31)29(35)26-27(23-5-3-4-6-25(23)38-2)33(30(36)28(26)34)21-11-7-19(8-12-21)24-15-18-39-32-24/h3-15,18,27,34H,16-17H2,1-2H3. The summed E-state index contributed by atoms with van der Waals surface area (Å²) < 4.78 is 15.9. The molecule has 0 saturated heterocycles. The van der Waals surface area contributed by atoms with Crippen LogP contribution in [-0.4, -0.2) is 36.2 Å². The Morgan fingerprint density at radius 1 is 0.974 bits per heavy atom. The summed E-state index contributed by atoms with van der Waals surface area (Å²) >= 11 is 0. The van der Waals surface area contributed by atoms with E-state index >= 15 is 0 Å². The summed E-state index contributed by atoms with van der Waals surface area (Å²) in [7, 11) is 3.13. The number of aliphatic hydroxyl groups excluding tert-OH is 1. The van der Waals surface area contributed by atoms with E-state index in [2.05, 4.69) is 5.16 Å². The molecule has 1 aliphatic carbocycles. The lowest BCUT2D eigenvalue weighted by atomic mass is 9.83. The normalized spacial score (nSPS) is 17.8. The van der Waals surface area contributed by atoms with Gasteiger partial charge in [-0.15, -0.1) is 0 Å². The Balaban J connectivity index is 1.45. The van der Waals surface area contributed by atoms with Crippen LogP contribution in [-0.2, 0) is 15.0 Å². The van der Waals surface area contributed by atoms with Crippen molar-refractivity contribution >= 4 is 17.4 Å². The number of methoxy groups -OCH3 is 2. The number of carbonyl (C=O) groups is 2. The van der Waals surface area contributed by atoms with Gasteiger partial charge in [-0.25, -0.2) is 0 Å². The molecule has 1 fully saturated rings. The fraction of sp³-hybridized carbons (Fsp3) is 0.194. The lowest BCUT2D eigenvalue weighted by Gasteiger charge is -2.29. The van der Waals surface area contributed by atoms with Crippen LogP contribution in [0.5, 0.6) is 11.5 Å². The number of carbonyl (C=O) groups excluding carboxylic acids is 2. The Bertz CT molecular complexity index is 1570. The van der Waals surface area contributed by atoms with Crippen LogP contribution in [0.15, 0.2) is 101 Å². The minimum atomic E-state index is -0.880. The first-order valence-corrected chi connectivity index (χ1v) is 12.6. The van der Waals surface area contributed by atoms with Gasteiger partial charge in [-0.3, -0.25) is 14.5 Å². The molecule has 4 aromatic rings. The second-order valence-corrected chi connectivity index (χ2v) is 9.65. The number of para-hydroxylation sites is 1. The van der Waals surface area contributed by atoms with Gasteiger partial charge in [0.25, 0.3) is 5.91 Å². The molecule has 0 bridgehead atoms. The molecule has 1 aliphatic heterocycles. The Morgan fingerprint density at radius 2 is 1.69 bits per heavy atom. The van der Waals surface area contributed by atoms with Crippen molar-refractivity contribution in [3.8, 4) is 22.8 Å². The maximum absolute atomic E-state index is 14.3. The van der Waals surface area contributed by atoms with E-state index in [1.165, 1.54) is 18.3 Å². The molecule has 1 saturated carbocycles. The number of ketones is 1. The molecular formula is C31H26N2O6. The van der Waals surface area contributed by atoms with Crippen molar-refractivity contribution < 1.29 is 28.7 Å². The fourth-order valence-corrected chi connectivity index (χ4v) is 5.38. The van der Waals surface area contributed by atoms with E-state index < -0.39 is 23.1 Å². The quantitative estimate of drug-likeness (QED) is 0.323. The number of nitrogens with zero attached hydrogens (tertiary/aromatic N) is 2. The van der Waals surface area contributed by atoms with Gasteiger partial charge in [0, 0.05) is 22.9 Å². The summed E-state index contributed by atoms with van der Waals surface area (Å²) in [6.45, 7) is 0. The summed E-state index contributed by atoms with van der Waals surface area (Å²) in [5.41, 5.74) is 2.66. The molecule has 196 valence electrons. The number of anilines is 1. The number of benzene rings is 3. The highest BCUT2D eigenvalue weighted by Gasteiger charge is 2.57. The summed E-state index contributed by atoms with van der Waals surface area (Å²) in [4.78, 5) is 29.4. The Morgan fingerprint density at radius 3 is 2.31 bits per heavy atom. The topological polar surface area (TPSA) is 102 Å². The molecule has 2 heterocycles. The van der Waals surface area contributed by atoms with E-state index in [1.807, 2.05) is 54.6 Å². The number of ether oxygens (including phenoxy) is 2. The summed E-state index contributed by atoms with van der Waals surface area (Å²) in [5.74, 6) is -0.262. The number of hydrogen-bond donors (Lipinski definition) is 1. The van der Waals surface area contributed by atoms with Gasteiger partial charge in [0.1, 0.15) is 23.5 Å². The van der Waals surface area contributed by atoms with Gasteiger partial charge in [-0.2, -0.15) is 0 Å². The lowest BCUT2D eigenvalue weighted by molar-refractivity contribution is -0.119. The molecule has 39 heavy (non-hydrogen) atoms. The fourth-order valence-electron chi connectivity index (χ4n) is 5.38. The third-order valence-electron chi connectivity index (χ3n) is 7.59. The van der Waals surface area contributed by atoms with E-state index in [1.54, 1.807) is 31.4 Å². The van der Waals surface area contributed by atoms with E-state index in [-0.39, 0.29) is 11.4 Å². The van der Waals surface area contributed by atoms with Crippen molar-refractivity contribution in [2.24, 2.45) is 0 Å². The highest BCUT2D eigenvalue weighted by molar-refractivity contribution is 6.19. The zero-order valence-electron chi connectivity index (χ0n) is 21.5. The largest absolute Gasteiger partial charge is 0.503 e. The van der Waals surface area contributed by atoms with Crippen molar-refractivity contribution in [2.75, 3.05) is 19.1 Å². The molecule has 1 aromatic heterocycles. The predicted molar refractivity (Wildman–Crippen MR) is 144 cm³/mol. The number of amides is 1. The Labute approximate surface area is 225 Å². The average Bonchev–Trinajstić information content (AvgIpc) is 3.52. The van der Waals surface area contributed by atoms with Crippen LogP contribution in [0.25, 0.3) is 11.3 Å². The van der Waals surface area contributed by atoms with Gasteiger partial charge in [0.05, 0.1) is 31.2 Å². The molecule has 1 amide bonds. The van der Waals surface area contributed by atoms with Gasteiger partial charge in [0.15, 0.2) is 11.5 Å². The van der Waals surface area contributed by atoms with Crippen LogP contribution in [0.3, 0.4) is 0 Å². The van der Waals surface area contributed by atoms with E-state index in [0.29, 0.717) is 41.3 Å². The second kappa shape index (κ2) is 9.47. The van der Waals surface area contributed by atoms with Crippen LogP contribution in [0.4, 0.5) is 5.69 Å². The number of aromatic nitrogens is 1. The number of Topliss-reactive ketones (excluding diaryl/α,β-unsaturated/α-hetero) is 1. The SMILES string of the molecule is COc1ccc(C2(C(=O)C3=C(O)C(=O)N(c4ccc(-c5ccon5)cc4)C3c3ccccc3OC)CC2)cc1. The Hall–Kier alpha value is -4.85.